The second-order valence-electron chi connectivity index (χ2n) is 17.4. The summed E-state index contributed by atoms with van der Waals surface area (Å²) in [7, 11) is 0. The van der Waals surface area contributed by atoms with Gasteiger partial charge in [0, 0.05) is 49.6 Å². The van der Waals surface area contributed by atoms with Gasteiger partial charge in [-0.05, 0) is 104 Å². The molecular formula is C61H39N5. The molecule has 0 fully saturated rings. The fraction of sp³-hybridized carbons (Fsp3) is 0.0164. The highest BCUT2D eigenvalue weighted by Gasteiger charge is 2.24. The zero-order chi connectivity index (χ0) is 43.3. The van der Waals surface area contributed by atoms with E-state index in [1.54, 1.807) is 0 Å². The number of hydrogen-bond acceptors (Lipinski definition) is 3. The summed E-state index contributed by atoms with van der Waals surface area (Å²) < 4.78 is 4.83. The molecule has 0 spiro atoms. The average Bonchev–Trinajstić information content (AvgIpc) is 3.89. The molecule has 2 aromatic heterocycles. The lowest BCUT2D eigenvalue weighted by atomic mass is 9.98. The summed E-state index contributed by atoms with van der Waals surface area (Å²) in [6.45, 7) is 0. The first-order chi connectivity index (χ1) is 32.7. The van der Waals surface area contributed by atoms with Gasteiger partial charge in [-0.15, -0.1) is 0 Å². The molecule has 0 radical (unpaired) electrons. The third-order valence-corrected chi connectivity index (χ3v) is 13.7. The monoisotopic (exact) mass is 841 g/mol. The number of nitrogens with zero attached hydrogens (tertiary/aromatic N) is 4. The maximum Gasteiger partial charge on any atom is 0.159 e. The summed E-state index contributed by atoms with van der Waals surface area (Å²) in [5.74, 6) is 1.50. The highest BCUT2D eigenvalue weighted by molar-refractivity contribution is 6.17. The van der Waals surface area contributed by atoms with E-state index >= 15 is 0 Å². The second-order valence-corrected chi connectivity index (χ2v) is 17.4. The third kappa shape index (κ3) is 5.66. The predicted molar refractivity (Wildman–Crippen MR) is 277 cm³/mol. The zero-order valence-corrected chi connectivity index (χ0v) is 35.7. The van der Waals surface area contributed by atoms with Crippen LogP contribution in [-0.4, -0.2) is 20.8 Å². The molecule has 5 heteroatoms. The van der Waals surface area contributed by atoms with Crippen LogP contribution >= 0.6 is 0 Å². The molecule has 0 saturated carbocycles. The van der Waals surface area contributed by atoms with E-state index < -0.39 is 0 Å². The Morgan fingerprint density at radius 2 is 0.894 bits per heavy atom. The van der Waals surface area contributed by atoms with Crippen molar-refractivity contribution in [1.29, 1.82) is 0 Å². The maximum atomic E-state index is 5.36. The number of amidine groups is 2. The summed E-state index contributed by atoms with van der Waals surface area (Å²) in [6, 6.07) is 81.2. The van der Waals surface area contributed by atoms with Crippen molar-refractivity contribution in [1.82, 2.24) is 14.5 Å². The van der Waals surface area contributed by atoms with Crippen molar-refractivity contribution >= 4 is 98.4 Å². The molecule has 1 N–H and O–H groups in total. The van der Waals surface area contributed by atoms with Crippen LogP contribution in [-0.2, 0) is 0 Å². The Morgan fingerprint density at radius 1 is 0.333 bits per heavy atom. The first-order valence-corrected chi connectivity index (χ1v) is 22.6. The Hall–Kier alpha value is -8.80. The minimum absolute atomic E-state index is 0.388. The Labute approximate surface area is 379 Å². The summed E-state index contributed by atoms with van der Waals surface area (Å²) in [5, 5.41) is 18.3. The fourth-order valence-corrected chi connectivity index (χ4v) is 10.6. The van der Waals surface area contributed by atoms with E-state index in [4.69, 9.17) is 9.98 Å². The van der Waals surface area contributed by atoms with Gasteiger partial charge in [-0.25, -0.2) is 9.98 Å². The summed E-state index contributed by atoms with van der Waals surface area (Å²) in [5.41, 5.74) is 10.1. The highest BCUT2D eigenvalue weighted by atomic mass is 15.2. The number of aromatic nitrogens is 2. The number of aliphatic imine (C=N–C) groups is 2. The molecule has 0 aliphatic carbocycles. The van der Waals surface area contributed by atoms with Crippen molar-refractivity contribution in [2.75, 3.05) is 0 Å². The Bertz CT molecular complexity index is 4160. The van der Waals surface area contributed by atoms with Gasteiger partial charge in [0.1, 0.15) is 12.0 Å². The number of rotatable bonds is 5. The molecular weight excluding hydrogens is 803 g/mol. The standard InChI is InChI=1S/C61H39N5/c1-2-14-41(15-3-1)59-62-60(43-28-27-40-26-25-38-13-4-5-17-47(38)52(40)34-43)64-61(63-59)51-21-12-16-39-29-31-46(37-53(39)51)66-57-24-11-8-20-50(57)54-35-44-33-45(32-30-42(44)36-58(54)66)65-55-22-9-6-18-48(55)49-19-7-10-23-56(49)65/h1-37,61H,(H,62,63,64). The van der Waals surface area contributed by atoms with Crippen molar-refractivity contribution < 1.29 is 0 Å². The molecule has 0 bridgehead atoms. The van der Waals surface area contributed by atoms with E-state index in [0.717, 1.165) is 44.7 Å². The molecule has 3 heterocycles. The predicted octanol–water partition coefficient (Wildman–Crippen LogP) is 15.0. The van der Waals surface area contributed by atoms with Crippen LogP contribution in [0.25, 0.3) is 98.1 Å². The van der Waals surface area contributed by atoms with Gasteiger partial charge in [-0.1, -0.05) is 164 Å². The number of nitrogens with one attached hydrogen (secondary N) is 1. The van der Waals surface area contributed by atoms with Crippen molar-refractivity contribution in [3.63, 3.8) is 0 Å². The van der Waals surface area contributed by atoms with Crippen LogP contribution in [0, 0.1) is 0 Å². The summed E-state index contributed by atoms with van der Waals surface area (Å²) >= 11 is 0. The molecule has 13 aromatic rings. The van der Waals surface area contributed by atoms with Crippen molar-refractivity contribution in [3.8, 4) is 11.4 Å². The smallest absolute Gasteiger partial charge is 0.159 e. The normalized spacial score (nSPS) is 14.2. The van der Waals surface area contributed by atoms with Gasteiger partial charge in [0.25, 0.3) is 0 Å². The van der Waals surface area contributed by atoms with E-state index in [2.05, 4.69) is 233 Å². The lowest BCUT2D eigenvalue weighted by molar-refractivity contribution is 0.679. The highest BCUT2D eigenvalue weighted by Crippen LogP contribution is 2.39. The van der Waals surface area contributed by atoms with Crippen LogP contribution in [0.3, 0.4) is 0 Å². The largest absolute Gasteiger partial charge is 0.344 e. The van der Waals surface area contributed by atoms with Crippen molar-refractivity contribution in [2.24, 2.45) is 9.98 Å². The van der Waals surface area contributed by atoms with Crippen LogP contribution < -0.4 is 5.32 Å². The van der Waals surface area contributed by atoms with Gasteiger partial charge in [-0.2, -0.15) is 0 Å². The van der Waals surface area contributed by atoms with Crippen LogP contribution in [0.4, 0.5) is 0 Å². The Morgan fingerprint density at radius 3 is 1.65 bits per heavy atom. The molecule has 1 aliphatic rings. The lowest BCUT2D eigenvalue weighted by Crippen LogP contribution is -2.33. The first kappa shape index (κ1) is 36.7. The van der Waals surface area contributed by atoms with E-state index in [1.165, 1.54) is 75.9 Å². The molecule has 66 heavy (non-hydrogen) atoms. The van der Waals surface area contributed by atoms with E-state index in [-0.39, 0.29) is 6.17 Å². The van der Waals surface area contributed by atoms with Crippen LogP contribution in [0.1, 0.15) is 22.9 Å². The minimum atomic E-state index is -0.388. The first-order valence-electron chi connectivity index (χ1n) is 22.6. The van der Waals surface area contributed by atoms with Gasteiger partial charge in [0.05, 0.1) is 22.1 Å². The van der Waals surface area contributed by atoms with Crippen molar-refractivity contribution in [2.45, 2.75) is 6.17 Å². The molecule has 0 amide bonds. The minimum Gasteiger partial charge on any atom is -0.344 e. The third-order valence-electron chi connectivity index (χ3n) is 13.7. The molecule has 1 aliphatic heterocycles. The van der Waals surface area contributed by atoms with Crippen molar-refractivity contribution in [3.05, 3.63) is 241 Å². The quantitative estimate of drug-likeness (QED) is 0.172. The maximum absolute atomic E-state index is 5.36. The van der Waals surface area contributed by atoms with Crippen LogP contribution in [0.2, 0.25) is 0 Å². The number of para-hydroxylation sites is 3. The van der Waals surface area contributed by atoms with Gasteiger partial charge in [0.2, 0.25) is 0 Å². The van der Waals surface area contributed by atoms with E-state index in [9.17, 15) is 0 Å². The van der Waals surface area contributed by atoms with Gasteiger partial charge in [-0.3, -0.25) is 0 Å². The number of hydrogen-bond donors (Lipinski definition) is 1. The average molecular weight is 842 g/mol. The second kappa shape index (κ2) is 14.4. The number of fused-ring (bicyclic) bond motifs is 11. The molecule has 1 atom stereocenters. The molecule has 308 valence electrons. The number of benzene rings is 11. The molecule has 0 saturated heterocycles. The molecule has 5 nitrogen and oxygen atoms in total. The molecule has 14 rings (SSSR count). The van der Waals surface area contributed by atoms with Gasteiger partial charge < -0.3 is 14.5 Å². The fourth-order valence-electron chi connectivity index (χ4n) is 10.6. The van der Waals surface area contributed by atoms with Gasteiger partial charge >= 0.3 is 0 Å². The van der Waals surface area contributed by atoms with Crippen LogP contribution in [0.5, 0.6) is 0 Å². The zero-order valence-electron chi connectivity index (χ0n) is 35.7. The molecule has 1 unspecified atom stereocenters. The Kier molecular flexibility index (Phi) is 7.98. The van der Waals surface area contributed by atoms with Gasteiger partial charge in [0.15, 0.2) is 5.84 Å². The Balaban J connectivity index is 0.913. The topological polar surface area (TPSA) is 46.6 Å². The summed E-state index contributed by atoms with van der Waals surface area (Å²) in [6.07, 6.45) is -0.388. The van der Waals surface area contributed by atoms with Crippen LogP contribution in [0.15, 0.2) is 234 Å². The van der Waals surface area contributed by atoms with E-state index in [0.29, 0.717) is 5.84 Å². The summed E-state index contributed by atoms with van der Waals surface area (Å²) in [4.78, 5) is 10.6. The SMILES string of the molecule is c1ccc(C2=NC(c3cccc4ccc(-n5c6ccccc6c6cc7cc(-n8c9ccccc9c9ccccc98)ccc7cc65)cc34)NC(c3ccc4ccc5ccccc5c4c3)=N2)cc1. The lowest BCUT2D eigenvalue weighted by Gasteiger charge is -2.25. The van der Waals surface area contributed by atoms with E-state index in [1.807, 2.05) is 6.07 Å². The molecule has 11 aromatic carbocycles.